The second-order valence-electron chi connectivity index (χ2n) is 5.61. The first kappa shape index (κ1) is 18.2. The van der Waals surface area contributed by atoms with E-state index >= 15 is 0 Å². The van der Waals surface area contributed by atoms with Crippen LogP contribution in [0.25, 0.3) is 0 Å². The van der Waals surface area contributed by atoms with Crippen molar-refractivity contribution in [3.63, 3.8) is 0 Å². The number of rotatable bonds is 7. The molecule has 0 aromatic carbocycles. The van der Waals surface area contributed by atoms with Gasteiger partial charge >= 0.3 is 12.1 Å². The van der Waals surface area contributed by atoms with Crippen LogP contribution >= 0.6 is 0 Å². The zero-order valence-corrected chi connectivity index (χ0v) is 14.0. The Morgan fingerprint density at radius 1 is 1.46 bits per heavy atom. The van der Waals surface area contributed by atoms with Gasteiger partial charge in [0.2, 0.25) is 6.29 Å². The summed E-state index contributed by atoms with van der Waals surface area (Å²) in [4.78, 5) is 21.0. The quantitative estimate of drug-likeness (QED) is 0.602. The first-order chi connectivity index (χ1) is 11.5. The zero-order chi connectivity index (χ0) is 17.6. The Balaban J connectivity index is 2.15. The van der Waals surface area contributed by atoms with E-state index in [4.69, 9.17) is 19.3 Å². The summed E-state index contributed by atoms with van der Waals surface area (Å²) in [6.07, 6.45) is 3.53. The van der Waals surface area contributed by atoms with Gasteiger partial charge in [0.1, 0.15) is 11.3 Å². The number of carbonyl (C=O) groups is 1. The van der Waals surface area contributed by atoms with Crippen molar-refractivity contribution in [3.05, 3.63) is 30.6 Å². The summed E-state index contributed by atoms with van der Waals surface area (Å²) in [5.41, 5.74) is 0.00355. The SMILES string of the molecule is C=CCC1(Oc2nccc(C(OC)OC)n2)CCN(C(=O)O)CC1. The van der Waals surface area contributed by atoms with Gasteiger partial charge < -0.3 is 24.2 Å². The van der Waals surface area contributed by atoms with Gasteiger partial charge in [0, 0.05) is 52.8 Å². The minimum Gasteiger partial charge on any atom is -0.465 e. The summed E-state index contributed by atoms with van der Waals surface area (Å²) in [6.45, 7) is 4.59. The van der Waals surface area contributed by atoms with Crippen LogP contribution in [0.4, 0.5) is 4.79 Å². The number of piperidine rings is 1. The maximum Gasteiger partial charge on any atom is 0.407 e. The number of amides is 1. The average molecular weight is 337 g/mol. The lowest BCUT2D eigenvalue weighted by atomic mass is 9.88. The first-order valence-electron chi connectivity index (χ1n) is 7.70. The molecule has 1 aliphatic heterocycles. The van der Waals surface area contributed by atoms with E-state index in [-0.39, 0.29) is 6.01 Å². The maximum absolute atomic E-state index is 11.1. The number of aromatic nitrogens is 2. The molecular weight excluding hydrogens is 314 g/mol. The van der Waals surface area contributed by atoms with Crippen LogP contribution in [0.3, 0.4) is 0 Å². The van der Waals surface area contributed by atoms with Crippen molar-refractivity contribution in [3.8, 4) is 6.01 Å². The predicted molar refractivity (Wildman–Crippen MR) is 85.8 cm³/mol. The fourth-order valence-electron chi connectivity index (χ4n) is 2.78. The molecule has 1 saturated heterocycles. The molecule has 1 fully saturated rings. The summed E-state index contributed by atoms with van der Waals surface area (Å²) in [7, 11) is 3.05. The van der Waals surface area contributed by atoms with Gasteiger partial charge in [-0.25, -0.2) is 9.78 Å². The van der Waals surface area contributed by atoms with E-state index in [2.05, 4.69) is 16.5 Å². The average Bonchev–Trinajstić information content (AvgIpc) is 2.57. The Morgan fingerprint density at radius 3 is 2.67 bits per heavy atom. The third-order valence-electron chi connectivity index (χ3n) is 4.09. The number of hydrogen-bond donors (Lipinski definition) is 1. The molecule has 0 aliphatic carbocycles. The minimum atomic E-state index is -0.913. The molecule has 1 amide bonds. The van der Waals surface area contributed by atoms with Crippen LogP contribution in [-0.2, 0) is 9.47 Å². The molecule has 0 spiro atoms. The lowest BCUT2D eigenvalue weighted by Gasteiger charge is -2.39. The van der Waals surface area contributed by atoms with Gasteiger partial charge in [-0.3, -0.25) is 0 Å². The van der Waals surface area contributed by atoms with Crippen molar-refractivity contribution < 1.29 is 24.1 Å². The van der Waals surface area contributed by atoms with Crippen molar-refractivity contribution in [2.45, 2.75) is 31.2 Å². The molecule has 1 aromatic rings. The molecule has 2 heterocycles. The Labute approximate surface area is 141 Å². The summed E-state index contributed by atoms with van der Waals surface area (Å²) in [5.74, 6) is 0. The van der Waals surface area contributed by atoms with E-state index in [1.54, 1.807) is 18.3 Å². The Hall–Kier alpha value is -2.19. The molecule has 0 unspecified atom stereocenters. The molecule has 1 aromatic heterocycles. The number of nitrogens with zero attached hydrogens (tertiary/aromatic N) is 3. The van der Waals surface area contributed by atoms with Gasteiger partial charge in [-0.15, -0.1) is 6.58 Å². The van der Waals surface area contributed by atoms with E-state index in [0.29, 0.717) is 38.0 Å². The summed E-state index contributed by atoms with van der Waals surface area (Å²) in [6, 6.07) is 1.91. The second kappa shape index (κ2) is 8.07. The highest BCUT2D eigenvalue weighted by Gasteiger charge is 2.38. The molecule has 0 bridgehead atoms. The number of methoxy groups -OCH3 is 2. The van der Waals surface area contributed by atoms with Gasteiger partial charge in [-0.2, -0.15) is 4.98 Å². The summed E-state index contributed by atoms with van der Waals surface area (Å²) < 4.78 is 16.4. The largest absolute Gasteiger partial charge is 0.465 e. The second-order valence-corrected chi connectivity index (χ2v) is 5.61. The van der Waals surface area contributed by atoms with Gasteiger partial charge in [0.15, 0.2) is 0 Å². The van der Waals surface area contributed by atoms with Crippen molar-refractivity contribution in [2.24, 2.45) is 0 Å². The monoisotopic (exact) mass is 337 g/mol. The minimum absolute atomic E-state index is 0.220. The van der Waals surface area contributed by atoms with Crippen LogP contribution in [0.2, 0.25) is 0 Å². The molecule has 8 nitrogen and oxygen atoms in total. The first-order valence-corrected chi connectivity index (χ1v) is 7.70. The zero-order valence-electron chi connectivity index (χ0n) is 14.0. The van der Waals surface area contributed by atoms with Crippen molar-refractivity contribution in [1.29, 1.82) is 0 Å². The fraction of sp³-hybridized carbons (Fsp3) is 0.562. The third kappa shape index (κ3) is 4.21. The van der Waals surface area contributed by atoms with E-state index in [1.807, 2.05) is 0 Å². The smallest absolute Gasteiger partial charge is 0.407 e. The summed E-state index contributed by atoms with van der Waals surface area (Å²) >= 11 is 0. The topological polar surface area (TPSA) is 94.0 Å². The van der Waals surface area contributed by atoms with Crippen LogP contribution in [0.15, 0.2) is 24.9 Å². The molecular formula is C16H23N3O5. The van der Waals surface area contributed by atoms with Gasteiger partial charge in [0.25, 0.3) is 0 Å². The van der Waals surface area contributed by atoms with E-state index in [9.17, 15) is 4.79 Å². The third-order valence-corrected chi connectivity index (χ3v) is 4.09. The predicted octanol–water partition coefficient (Wildman–Crippen LogP) is 2.24. The number of carboxylic acid groups (broad SMARTS) is 1. The molecule has 0 radical (unpaired) electrons. The fourth-order valence-corrected chi connectivity index (χ4v) is 2.78. The molecule has 1 N–H and O–H groups in total. The van der Waals surface area contributed by atoms with Crippen LogP contribution in [0.5, 0.6) is 6.01 Å². The lowest BCUT2D eigenvalue weighted by Crippen LogP contribution is -2.49. The maximum atomic E-state index is 11.1. The number of hydrogen-bond acceptors (Lipinski definition) is 6. The van der Waals surface area contributed by atoms with Gasteiger partial charge in [0.05, 0.1) is 0 Å². The molecule has 1 aliphatic rings. The highest BCUT2D eigenvalue weighted by molar-refractivity contribution is 5.65. The number of ether oxygens (including phenoxy) is 3. The molecule has 8 heteroatoms. The van der Waals surface area contributed by atoms with Crippen LogP contribution in [0.1, 0.15) is 31.2 Å². The highest BCUT2D eigenvalue weighted by Crippen LogP contribution is 2.31. The Bertz CT molecular complexity index is 569. The lowest BCUT2D eigenvalue weighted by molar-refractivity contribution is -0.109. The normalized spacial score (nSPS) is 16.9. The van der Waals surface area contributed by atoms with E-state index < -0.39 is 18.0 Å². The van der Waals surface area contributed by atoms with E-state index in [1.165, 1.54) is 19.1 Å². The highest BCUT2D eigenvalue weighted by atomic mass is 16.7. The van der Waals surface area contributed by atoms with Crippen molar-refractivity contribution in [1.82, 2.24) is 14.9 Å². The molecule has 2 rings (SSSR count). The van der Waals surface area contributed by atoms with Gasteiger partial charge in [-0.1, -0.05) is 6.08 Å². The van der Waals surface area contributed by atoms with Crippen LogP contribution in [-0.4, -0.2) is 59.0 Å². The molecule has 24 heavy (non-hydrogen) atoms. The molecule has 132 valence electrons. The Morgan fingerprint density at radius 2 is 2.12 bits per heavy atom. The van der Waals surface area contributed by atoms with E-state index in [0.717, 1.165) is 0 Å². The molecule has 0 atom stereocenters. The standard InChI is InChI=1S/C16H23N3O5/c1-4-6-16(7-10-19(11-8-16)15(20)21)24-14-17-9-5-12(18-14)13(22-2)23-3/h4-5,9,13H,1,6-8,10-11H2,2-3H3,(H,20,21). The van der Waals surface area contributed by atoms with Crippen LogP contribution in [0, 0.1) is 0 Å². The summed E-state index contributed by atoms with van der Waals surface area (Å²) in [5, 5.41) is 9.09. The molecule has 0 saturated carbocycles. The van der Waals surface area contributed by atoms with Crippen molar-refractivity contribution in [2.75, 3.05) is 27.3 Å². The number of likely N-dealkylation sites (tertiary alicyclic amines) is 1. The van der Waals surface area contributed by atoms with Gasteiger partial charge in [-0.05, 0) is 6.07 Å². The van der Waals surface area contributed by atoms with Crippen molar-refractivity contribution >= 4 is 6.09 Å². The van der Waals surface area contributed by atoms with Crippen LogP contribution < -0.4 is 4.74 Å². The Kier molecular flexibility index (Phi) is 6.10.